The van der Waals surface area contributed by atoms with Gasteiger partial charge in [-0.2, -0.15) is 0 Å². The maximum absolute atomic E-state index is 13.5. The normalized spacial score (nSPS) is 33.4. The van der Waals surface area contributed by atoms with Crippen LogP contribution in [0, 0.1) is 22.7 Å². The fourth-order valence-corrected chi connectivity index (χ4v) is 9.82. The van der Waals surface area contributed by atoms with Crippen molar-refractivity contribution in [1.82, 2.24) is 14.6 Å². The summed E-state index contributed by atoms with van der Waals surface area (Å²) in [5.41, 5.74) is 1.97. The van der Waals surface area contributed by atoms with Gasteiger partial charge in [0.25, 0.3) is 5.91 Å². The molecule has 8 heteroatoms. The second-order valence-corrected chi connectivity index (χ2v) is 13.2. The first-order valence-corrected chi connectivity index (χ1v) is 14.1. The van der Waals surface area contributed by atoms with Crippen LogP contribution in [0.4, 0.5) is 0 Å². The zero-order valence-electron chi connectivity index (χ0n) is 20.1. The minimum absolute atomic E-state index is 0.00600. The van der Waals surface area contributed by atoms with E-state index in [1.165, 1.54) is 4.31 Å². The smallest absolute Gasteiger partial charge is 0.251 e. The van der Waals surface area contributed by atoms with E-state index in [1.54, 1.807) is 18.3 Å². The molecular weight excluding hydrogens is 462 g/mol. The first-order chi connectivity index (χ1) is 16.6. The zero-order valence-corrected chi connectivity index (χ0v) is 20.9. The monoisotopic (exact) mass is 493 g/mol. The molecule has 2 bridgehead atoms. The molecule has 5 atom stereocenters. The van der Waals surface area contributed by atoms with E-state index >= 15 is 0 Å². The summed E-state index contributed by atoms with van der Waals surface area (Å²) in [4.78, 5) is 30.2. The first-order valence-electron chi connectivity index (χ1n) is 12.5. The van der Waals surface area contributed by atoms with E-state index in [1.807, 2.05) is 30.3 Å². The summed E-state index contributed by atoms with van der Waals surface area (Å²) in [5, 5.41) is 2.86. The van der Waals surface area contributed by atoms with Gasteiger partial charge in [-0.3, -0.25) is 14.6 Å². The lowest BCUT2D eigenvalue weighted by atomic mass is 9.69. The lowest BCUT2D eigenvalue weighted by molar-refractivity contribution is -0.130. The lowest BCUT2D eigenvalue weighted by Crippen LogP contribution is -2.44. The third-order valence-corrected chi connectivity index (χ3v) is 11.4. The molecule has 7 nitrogen and oxygen atoms in total. The summed E-state index contributed by atoms with van der Waals surface area (Å²) >= 11 is 0. The number of hydrogen-bond acceptors (Lipinski definition) is 5. The number of hydrogen-bond donors (Lipinski definition) is 1. The number of rotatable bonds is 5. The highest BCUT2D eigenvalue weighted by molar-refractivity contribution is 7.90. The fourth-order valence-electron chi connectivity index (χ4n) is 7.24. The summed E-state index contributed by atoms with van der Waals surface area (Å²) < 4.78 is 27.7. The van der Waals surface area contributed by atoms with Crippen molar-refractivity contribution in [3.05, 3.63) is 65.5 Å². The number of aromatic nitrogens is 1. The zero-order chi connectivity index (χ0) is 24.6. The summed E-state index contributed by atoms with van der Waals surface area (Å²) in [7, 11) is -3.59. The quantitative estimate of drug-likeness (QED) is 0.688. The van der Waals surface area contributed by atoms with Gasteiger partial charge in [0.15, 0.2) is 0 Å². The van der Waals surface area contributed by atoms with Crippen molar-refractivity contribution in [1.29, 1.82) is 0 Å². The molecule has 1 aromatic heterocycles. The molecule has 0 radical (unpaired) electrons. The van der Waals surface area contributed by atoms with Gasteiger partial charge in [0, 0.05) is 23.1 Å². The van der Waals surface area contributed by atoms with Gasteiger partial charge < -0.3 is 5.32 Å². The maximum atomic E-state index is 13.5. The number of fused-ring (bicyclic) bond motifs is 1. The number of carbonyl (C=O) groups excluding carboxylic acids is 2. The first kappa shape index (κ1) is 22.7. The molecule has 1 N–H and O–H groups in total. The average Bonchev–Trinajstić information content (AvgIpc) is 3.50. The molecule has 4 fully saturated rings. The van der Waals surface area contributed by atoms with Gasteiger partial charge in [0.05, 0.1) is 24.0 Å². The van der Waals surface area contributed by atoms with Crippen molar-refractivity contribution >= 4 is 21.8 Å². The molecule has 1 unspecified atom stereocenters. The number of amides is 2. The lowest BCUT2D eigenvalue weighted by Gasteiger charge is -2.37. The molecule has 1 saturated heterocycles. The predicted molar refractivity (Wildman–Crippen MR) is 131 cm³/mol. The Morgan fingerprint density at radius 3 is 2.57 bits per heavy atom. The van der Waals surface area contributed by atoms with E-state index in [4.69, 9.17) is 0 Å². The van der Waals surface area contributed by atoms with E-state index in [0.717, 1.165) is 30.5 Å². The molecule has 4 aliphatic rings. The van der Waals surface area contributed by atoms with Crippen LogP contribution < -0.4 is 5.32 Å². The maximum Gasteiger partial charge on any atom is 0.251 e. The highest BCUT2D eigenvalue weighted by Gasteiger charge is 2.73. The second kappa shape index (κ2) is 7.63. The third kappa shape index (κ3) is 3.36. The van der Waals surface area contributed by atoms with Gasteiger partial charge >= 0.3 is 0 Å². The van der Waals surface area contributed by atoms with Gasteiger partial charge in [-0.15, -0.1) is 0 Å². The van der Waals surface area contributed by atoms with Gasteiger partial charge in [0.2, 0.25) is 15.9 Å². The largest absolute Gasteiger partial charge is 0.346 e. The topological polar surface area (TPSA) is 96.4 Å². The Bertz CT molecular complexity index is 1290. The Kier molecular flexibility index (Phi) is 4.95. The van der Waals surface area contributed by atoms with Crippen LogP contribution in [0.15, 0.2) is 48.7 Å². The number of carbonyl (C=O) groups is 2. The van der Waals surface area contributed by atoms with Crippen molar-refractivity contribution in [3.63, 3.8) is 0 Å². The Balaban J connectivity index is 1.13. The Morgan fingerprint density at radius 2 is 1.89 bits per heavy atom. The molecular formula is C27H31N3O4S. The van der Waals surface area contributed by atoms with E-state index in [2.05, 4.69) is 24.1 Å². The van der Waals surface area contributed by atoms with Crippen LogP contribution >= 0.6 is 0 Å². The molecule has 3 aliphatic carbocycles. The third-order valence-electron chi connectivity index (χ3n) is 9.49. The summed E-state index contributed by atoms with van der Waals surface area (Å²) in [6.45, 7) is 4.75. The van der Waals surface area contributed by atoms with E-state index in [9.17, 15) is 18.0 Å². The van der Waals surface area contributed by atoms with Crippen molar-refractivity contribution in [2.45, 2.75) is 58.0 Å². The van der Waals surface area contributed by atoms with E-state index < -0.39 is 10.0 Å². The highest BCUT2D eigenvalue weighted by atomic mass is 32.2. The van der Waals surface area contributed by atoms with Crippen LogP contribution in [0.2, 0.25) is 0 Å². The van der Waals surface area contributed by atoms with Crippen molar-refractivity contribution in [2.75, 3.05) is 5.75 Å². The molecule has 3 saturated carbocycles. The van der Waals surface area contributed by atoms with Crippen LogP contribution in [0.1, 0.15) is 67.1 Å². The van der Waals surface area contributed by atoms with E-state index in [-0.39, 0.29) is 46.3 Å². The molecule has 1 aromatic carbocycles. The van der Waals surface area contributed by atoms with Crippen LogP contribution in [-0.4, -0.2) is 41.3 Å². The van der Waals surface area contributed by atoms with Gasteiger partial charge in [0.1, 0.15) is 0 Å². The second-order valence-electron chi connectivity index (χ2n) is 11.3. The van der Waals surface area contributed by atoms with Gasteiger partial charge in [-0.25, -0.2) is 12.7 Å². The van der Waals surface area contributed by atoms with Crippen molar-refractivity contribution in [2.24, 2.45) is 22.7 Å². The van der Waals surface area contributed by atoms with Crippen LogP contribution in [-0.2, 0) is 21.4 Å². The minimum atomic E-state index is -3.59. The van der Waals surface area contributed by atoms with Gasteiger partial charge in [-0.1, -0.05) is 32.0 Å². The van der Waals surface area contributed by atoms with Gasteiger partial charge in [-0.05, 0) is 72.8 Å². The minimum Gasteiger partial charge on any atom is -0.346 e. The molecule has 35 heavy (non-hydrogen) atoms. The highest BCUT2D eigenvalue weighted by Crippen LogP contribution is 2.70. The number of sulfonamides is 1. The van der Waals surface area contributed by atoms with Crippen molar-refractivity contribution < 1.29 is 18.0 Å². The summed E-state index contributed by atoms with van der Waals surface area (Å²) in [6.07, 6.45) is 5.11. The number of pyridine rings is 1. The molecule has 2 amide bonds. The Labute approximate surface area is 206 Å². The standard InChI is InChI=1S/C27H31N3O4S/c1-26(2)19-10-11-27(26)16-35(33,34)30(23(27)13-19)25(32)22-14-21(22)17-6-8-18(9-7-17)24(31)29-15-20-5-3-4-12-28-20/h3-9,12,19,21-23H,10-11,13-16H2,1-2H3,(H,29,31)/t19?,21-,22+,23-,27-/m0/s1. The summed E-state index contributed by atoms with van der Waals surface area (Å²) in [5.74, 6) is -0.0999. The predicted octanol–water partition coefficient (Wildman–Crippen LogP) is 3.48. The fraction of sp³-hybridized carbons (Fsp3) is 0.519. The number of nitrogens with one attached hydrogen (secondary N) is 1. The van der Waals surface area contributed by atoms with Crippen LogP contribution in [0.3, 0.4) is 0 Å². The molecule has 2 aromatic rings. The molecule has 1 aliphatic heterocycles. The Morgan fingerprint density at radius 1 is 1.11 bits per heavy atom. The molecule has 2 heterocycles. The van der Waals surface area contributed by atoms with Crippen LogP contribution in [0.5, 0.6) is 0 Å². The SMILES string of the molecule is CC1(C)C2CC[C@@]13CS(=O)(=O)N(C(=O)[C@@H]1C[C@H]1c1ccc(C(=O)NCc4ccccn4)cc1)[C@H]3C2. The molecule has 6 rings (SSSR count). The average molecular weight is 494 g/mol. The van der Waals surface area contributed by atoms with E-state index in [0.29, 0.717) is 24.4 Å². The molecule has 1 spiro atoms. The van der Waals surface area contributed by atoms with Crippen molar-refractivity contribution in [3.8, 4) is 0 Å². The van der Waals surface area contributed by atoms with Crippen LogP contribution in [0.25, 0.3) is 0 Å². The summed E-state index contributed by atoms with van der Waals surface area (Å²) in [6, 6.07) is 12.7. The Hall–Kier alpha value is -2.74. The molecule has 184 valence electrons. The number of benzene rings is 1. The number of nitrogens with zero attached hydrogens (tertiary/aromatic N) is 2.